The van der Waals surface area contributed by atoms with E-state index in [2.05, 4.69) is 28.9 Å². The highest BCUT2D eigenvalue weighted by molar-refractivity contribution is 7.84. The smallest absolute Gasteiger partial charge is 0.274 e. The average molecular weight is 530 g/mol. The third kappa shape index (κ3) is 5.79. The summed E-state index contributed by atoms with van der Waals surface area (Å²) in [6, 6.07) is 5.98. The molecule has 1 aromatic carbocycles. The van der Waals surface area contributed by atoms with Gasteiger partial charge < -0.3 is 5.32 Å². The summed E-state index contributed by atoms with van der Waals surface area (Å²) in [7, 11) is 0.316. The lowest BCUT2D eigenvalue weighted by Gasteiger charge is -2.31. The van der Waals surface area contributed by atoms with Crippen molar-refractivity contribution in [2.45, 2.75) is 43.0 Å². The maximum Gasteiger partial charge on any atom is 0.274 e. The summed E-state index contributed by atoms with van der Waals surface area (Å²) in [4.78, 5) is 21.1. The fourth-order valence-electron chi connectivity index (χ4n) is 4.92. The van der Waals surface area contributed by atoms with Gasteiger partial charge in [0.25, 0.3) is 5.91 Å². The second-order valence-corrected chi connectivity index (χ2v) is 11.0. The molecule has 2 heterocycles. The third-order valence-electron chi connectivity index (χ3n) is 6.75. The van der Waals surface area contributed by atoms with Gasteiger partial charge in [0.2, 0.25) is 0 Å². The Balaban J connectivity index is 1.64. The van der Waals surface area contributed by atoms with Gasteiger partial charge in [-0.3, -0.25) is 14.0 Å². The van der Waals surface area contributed by atoms with E-state index in [0.29, 0.717) is 17.6 Å². The van der Waals surface area contributed by atoms with Crippen LogP contribution in [0.2, 0.25) is 0 Å². The Morgan fingerprint density at radius 2 is 1.81 bits per heavy atom. The number of amides is 1. The molecule has 1 N–H and O–H groups in total. The fraction of sp³-hybridized carbons (Fsp3) is 0.333. The van der Waals surface area contributed by atoms with Crippen LogP contribution in [0, 0.1) is 23.4 Å². The van der Waals surface area contributed by atoms with E-state index in [4.69, 9.17) is 0 Å². The molecule has 10 heteroatoms. The molecular weight excluding hydrogens is 501 g/mol. The van der Waals surface area contributed by atoms with Crippen molar-refractivity contribution in [2.75, 3.05) is 18.6 Å². The van der Waals surface area contributed by atoms with Crippen molar-refractivity contribution in [2.24, 2.45) is 5.92 Å². The number of nitrogens with zero attached hydrogens (tertiary/aromatic N) is 3. The predicted octanol–water partition coefficient (Wildman–Crippen LogP) is 5.17. The summed E-state index contributed by atoms with van der Waals surface area (Å²) in [5, 5.41) is 2.79. The molecule has 6 nitrogen and oxygen atoms in total. The van der Waals surface area contributed by atoms with Gasteiger partial charge in [-0.05, 0) is 54.2 Å². The van der Waals surface area contributed by atoms with Crippen LogP contribution >= 0.6 is 0 Å². The Hall–Kier alpha value is -3.40. The highest BCUT2D eigenvalue weighted by Gasteiger charge is 2.33. The Labute approximate surface area is 216 Å². The zero-order valence-corrected chi connectivity index (χ0v) is 21.6. The molecule has 37 heavy (non-hydrogen) atoms. The molecule has 0 aliphatic heterocycles. The van der Waals surface area contributed by atoms with Crippen LogP contribution in [0.3, 0.4) is 0 Å². The molecule has 2 aromatic heterocycles. The highest BCUT2D eigenvalue weighted by Crippen LogP contribution is 2.39. The summed E-state index contributed by atoms with van der Waals surface area (Å²) >= 11 is 0. The van der Waals surface area contributed by atoms with E-state index >= 15 is 0 Å². The second-order valence-electron chi connectivity index (χ2n) is 9.58. The summed E-state index contributed by atoms with van der Waals surface area (Å²) in [5.41, 5.74) is -0.186. The molecule has 1 saturated carbocycles. The van der Waals surface area contributed by atoms with E-state index in [1.807, 2.05) is 17.7 Å². The lowest BCUT2D eigenvalue weighted by Crippen LogP contribution is -2.32. The number of carbonyl (C=O) groups excluding carboxylic acids is 1. The lowest BCUT2D eigenvalue weighted by molar-refractivity contribution is -0.536. The van der Waals surface area contributed by atoms with E-state index in [9.17, 15) is 22.2 Å². The van der Waals surface area contributed by atoms with Crippen molar-refractivity contribution >= 4 is 29.1 Å². The van der Waals surface area contributed by atoms with Crippen molar-refractivity contribution in [1.29, 1.82) is 0 Å². The van der Waals surface area contributed by atoms with E-state index in [1.54, 1.807) is 12.4 Å². The van der Waals surface area contributed by atoms with Gasteiger partial charge in [0.05, 0.1) is 17.4 Å². The predicted molar refractivity (Wildman–Crippen MR) is 137 cm³/mol. The topological polar surface area (TPSA) is 75.0 Å². The quantitative estimate of drug-likeness (QED) is 0.353. The molecule has 0 bridgehead atoms. The van der Waals surface area contributed by atoms with Crippen LogP contribution in [0.15, 0.2) is 47.6 Å². The molecule has 3 aromatic rings. The van der Waals surface area contributed by atoms with Gasteiger partial charge in [-0.1, -0.05) is 6.92 Å². The molecular formula is C27H28F3N4O2S+. The molecule has 194 valence electrons. The van der Waals surface area contributed by atoms with Crippen LogP contribution in [0.5, 0.6) is 0 Å². The van der Waals surface area contributed by atoms with E-state index in [-0.39, 0.29) is 16.5 Å². The summed E-state index contributed by atoms with van der Waals surface area (Å²) in [6.45, 7) is 6.23. The first-order chi connectivity index (χ1) is 17.5. The minimum absolute atomic E-state index is 0.0820. The van der Waals surface area contributed by atoms with Gasteiger partial charge in [0.1, 0.15) is 42.6 Å². The first-order valence-corrected chi connectivity index (χ1v) is 13.4. The monoisotopic (exact) mass is 529 g/mol. The van der Waals surface area contributed by atoms with Gasteiger partial charge in [-0.15, -0.1) is 0 Å². The van der Waals surface area contributed by atoms with Crippen molar-refractivity contribution in [3.05, 3.63) is 71.4 Å². The Kier molecular flexibility index (Phi) is 7.87. The van der Waals surface area contributed by atoms with Crippen LogP contribution in [0.1, 0.15) is 48.2 Å². The minimum atomic E-state index is -1.64. The summed E-state index contributed by atoms with van der Waals surface area (Å²) < 4.78 is 57.6. The molecule has 1 fully saturated rings. The number of benzene rings is 1. The van der Waals surface area contributed by atoms with Gasteiger partial charge in [0.15, 0.2) is 6.04 Å². The number of halogens is 3. The van der Waals surface area contributed by atoms with Crippen LogP contribution in [-0.4, -0.2) is 50.7 Å². The van der Waals surface area contributed by atoms with Gasteiger partial charge >= 0.3 is 0 Å². The Morgan fingerprint density at radius 3 is 2.46 bits per heavy atom. The molecule has 1 aliphatic carbocycles. The van der Waals surface area contributed by atoms with Crippen LogP contribution in [-0.2, 0) is 10.8 Å². The molecule has 4 unspecified atom stereocenters. The molecule has 1 amide bonds. The van der Waals surface area contributed by atoms with Gasteiger partial charge in [0, 0.05) is 41.0 Å². The number of pyridine rings is 2. The summed E-state index contributed by atoms with van der Waals surface area (Å²) in [6.07, 6.45) is 7.33. The zero-order valence-electron chi connectivity index (χ0n) is 20.8. The van der Waals surface area contributed by atoms with Gasteiger partial charge in [-0.2, -0.15) is 0 Å². The standard InChI is InChI=1S/C27H27F3N4O2S/c1-15-9-16(11-17(10-15)34(2)3)19-7-8-31-14-24(19)33-27(35)23-6-5-20(28)26(32-23)25-21(29)12-18(37(4)36)13-22(25)30/h5-8,12-17H,2,9-11H2,1,3-4H3/p+1. The molecule has 0 saturated heterocycles. The first-order valence-electron chi connectivity index (χ1n) is 11.8. The Morgan fingerprint density at radius 1 is 1.11 bits per heavy atom. The maximum atomic E-state index is 14.7. The normalized spacial score (nSPS) is 20.3. The molecule has 0 radical (unpaired) electrons. The number of hydrogen-bond acceptors (Lipinski definition) is 4. The maximum absolute atomic E-state index is 14.7. The zero-order chi connectivity index (χ0) is 26.9. The van der Waals surface area contributed by atoms with Crippen molar-refractivity contribution in [3.63, 3.8) is 0 Å². The molecule has 4 rings (SSSR count). The lowest BCUT2D eigenvalue weighted by atomic mass is 9.76. The van der Waals surface area contributed by atoms with Crippen molar-refractivity contribution in [1.82, 2.24) is 9.97 Å². The number of nitrogens with one attached hydrogen (secondary N) is 1. The van der Waals surface area contributed by atoms with Crippen LogP contribution < -0.4 is 5.32 Å². The van der Waals surface area contributed by atoms with Crippen LogP contribution in [0.25, 0.3) is 11.3 Å². The molecule has 4 atom stereocenters. The molecule has 0 spiro atoms. The summed E-state index contributed by atoms with van der Waals surface area (Å²) in [5.74, 6) is -3.29. The second kappa shape index (κ2) is 10.9. The SMILES string of the molecule is C=[N+](C)C1CC(C)CC(c2ccncc2NC(=O)c2ccc(F)c(-c3c(F)cc(S(C)=O)cc3F)n2)C1. The van der Waals surface area contributed by atoms with E-state index in [0.717, 1.165) is 49.1 Å². The van der Waals surface area contributed by atoms with E-state index in [1.165, 1.54) is 6.26 Å². The average Bonchev–Trinajstić information content (AvgIpc) is 2.84. The molecule has 1 aliphatic rings. The largest absolute Gasteiger partial charge is 0.319 e. The van der Waals surface area contributed by atoms with Crippen molar-refractivity contribution < 1.29 is 26.8 Å². The number of anilines is 1. The third-order valence-corrected chi connectivity index (χ3v) is 7.65. The van der Waals surface area contributed by atoms with E-state index < -0.39 is 45.4 Å². The fourth-order valence-corrected chi connectivity index (χ4v) is 5.46. The first kappa shape index (κ1) is 26.7. The van der Waals surface area contributed by atoms with Crippen LogP contribution in [0.4, 0.5) is 18.9 Å². The highest BCUT2D eigenvalue weighted by atomic mass is 32.2. The van der Waals surface area contributed by atoms with Gasteiger partial charge in [-0.25, -0.2) is 22.7 Å². The number of carbonyl (C=O) groups is 1. The Bertz CT molecular complexity index is 1370. The minimum Gasteiger partial charge on any atom is -0.319 e. The number of aromatic nitrogens is 2. The number of hydrogen-bond donors (Lipinski definition) is 1. The van der Waals surface area contributed by atoms with Crippen molar-refractivity contribution in [3.8, 4) is 11.3 Å². The number of rotatable bonds is 6.